The minimum Gasteiger partial charge on any atom is -0.166 e. The van der Waals surface area contributed by atoms with E-state index in [9.17, 15) is 0 Å². The molecule has 0 saturated carbocycles. The molecule has 0 aliphatic heterocycles. The molecule has 5 heavy (non-hydrogen) atoms. The van der Waals surface area contributed by atoms with Gasteiger partial charge in [0.2, 0.25) is 0 Å². The third-order valence-corrected chi connectivity index (χ3v) is 0. The molecular formula is Cl2NbOTl. The van der Waals surface area contributed by atoms with Crippen molar-refractivity contribution in [3.8, 4) is 0 Å². The molecular weight excluding hydrogens is 384 g/mol. The topological polar surface area (TPSA) is 9.23 Å². The smallest absolute Gasteiger partial charge is 0.0832 e. The van der Waals surface area contributed by atoms with E-state index in [4.69, 9.17) is 0 Å². The number of hydrogen-bond donors (Lipinski definition) is 0. The molecule has 0 heterocycles. The van der Waals surface area contributed by atoms with Gasteiger partial charge in [-0.05, 0) is 0 Å². The predicted molar refractivity (Wildman–Crippen MR) is 18.5 cm³/mol. The van der Waals surface area contributed by atoms with Crippen LogP contribution in [0.3, 0.4) is 0 Å². The molecule has 0 fully saturated rings. The van der Waals surface area contributed by atoms with Crippen LogP contribution in [0.1, 0.15) is 0 Å². The molecule has 1 nitrogen and oxygen atoms in total. The van der Waals surface area contributed by atoms with E-state index in [1.54, 1.807) is 0 Å². The van der Waals surface area contributed by atoms with Gasteiger partial charge < -0.3 is 0 Å². The Morgan fingerprint density at radius 3 is 1.20 bits per heavy atom. The van der Waals surface area contributed by atoms with Crippen LogP contribution in [0.25, 0.3) is 0 Å². The summed E-state index contributed by atoms with van der Waals surface area (Å²) in [5, 5.41) is 0. The summed E-state index contributed by atoms with van der Waals surface area (Å²) in [6.07, 6.45) is 0. The van der Waals surface area contributed by atoms with Gasteiger partial charge in [-0.1, -0.05) is 0 Å². The van der Waals surface area contributed by atoms with E-state index in [-0.39, 0.29) is 49.7 Å². The van der Waals surface area contributed by atoms with Crippen molar-refractivity contribution in [2.75, 3.05) is 0 Å². The van der Waals surface area contributed by atoms with E-state index >= 15 is 0 Å². The van der Waals surface area contributed by atoms with E-state index in [1.165, 1.54) is 0 Å². The van der Waals surface area contributed by atoms with Crippen LogP contribution in [-0.2, 0) is 26.2 Å². The predicted octanol–water partition coefficient (Wildman–Crippen LogP) is 0.927. The molecule has 0 aromatic heterocycles. The molecule has 0 saturated heterocycles. The molecule has 0 amide bonds. The first-order chi connectivity index (χ1) is 1.41. The standard InChI is InChI=1S/Cl2O.Nb.Tl/c1-3-2;;. The van der Waals surface area contributed by atoms with Gasteiger partial charge in [0.25, 0.3) is 0 Å². The molecule has 0 rings (SSSR count). The molecule has 2 radical (unpaired) electrons. The van der Waals surface area contributed by atoms with Crippen LogP contribution in [0.4, 0.5) is 0 Å². The van der Waals surface area contributed by atoms with Crippen molar-refractivity contribution in [1.29, 1.82) is 0 Å². The summed E-state index contributed by atoms with van der Waals surface area (Å²) in [7, 11) is 0. The largest absolute Gasteiger partial charge is 0.166 e. The van der Waals surface area contributed by atoms with Crippen molar-refractivity contribution < 1.29 is 26.2 Å². The minimum atomic E-state index is 0. The molecule has 0 atom stereocenters. The fraction of sp³-hybridized carbons (Fsp3) is 0. The summed E-state index contributed by atoms with van der Waals surface area (Å²) in [5.41, 5.74) is 0. The van der Waals surface area contributed by atoms with Gasteiger partial charge in [-0.25, -0.2) is 0 Å². The Morgan fingerprint density at radius 1 is 1.20 bits per heavy atom. The second-order valence-electron chi connectivity index (χ2n) is 0.0583. The zero-order valence-electron chi connectivity index (χ0n) is 2.19. The fourth-order valence-electron chi connectivity index (χ4n) is 0. The van der Waals surface area contributed by atoms with Crippen LogP contribution < -0.4 is 0 Å². The Morgan fingerprint density at radius 2 is 1.20 bits per heavy atom. The maximum Gasteiger partial charge on any atom is 0.0832 e. The van der Waals surface area contributed by atoms with Crippen LogP contribution in [0.15, 0.2) is 0 Å². The Balaban J connectivity index is -0.0000000200. The molecule has 0 aliphatic rings. The molecule has 28 valence electrons. The summed E-state index contributed by atoms with van der Waals surface area (Å²) in [6, 6.07) is 0. The van der Waals surface area contributed by atoms with Gasteiger partial charge >= 0.3 is 0 Å². The quantitative estimate of drug-likeness (QED) is 0.565. The Bertz CT molecular complexity index is 9.61. The van der Waals surface area contributed by atoms with E-state index in [1.807, 2.05) is 0 Å². The van der Waals surface area contributed by atoms with Crippen molar-refractivity contribution in [2.24, 2.45) is 0 Å². The van der Waals surface area contributed by atoms with Crippen LogP contribution in [0.2, 0.25) is 0 Å². The molecule has 0 aromatic rings. The van der Waals surface area contributed by atoms with Crippen molar-refractivity contribution in [3.05, 3.63) is 0 Å². The minimum absolute atomic E-state index is 0. The first-order valence-electron chi connectivity index (χ1n) is 0.309. The van der Waals surface area contributed by atoms with E-state index in [0.717, 1.165) is 0 Å². The van der Waals surface area contributed by atoms with Crippen LogP contribution >= 0.6 is 23.7 Å². The maximum absolute atomic E-state index is 4.26. The number of rotatable bonds is 0. The number of halogens is 2. The zero-order chi connectivity index (χ0) is 2.71. The summed E-state index contributed by atoms with van der Waals surface area (Å²) in [5.74, 6) is 0. The Labute approximate surface area is 76.4 Å². The summed E-state index contributed by atoms with van der Waals surface area (Å²) in [6.45, 7) is 0. The third kappa shape index (κ3) is 22.6. The van der Waals surface area contributed by atoms with E-state index < -0.39 is 0 Å². The van der Waals surface area contributed by atoms with Crippen molar-refractivity contribution in [2.45, 2.75) is 0 Å². The molecule has 0 bridgehead atoms. The average Bonchev–Trinajstić information content (AvgIpc) is 0.918. The summed E-state index contributed by atoms with van der Waals surface area (Å²) < 4.78 is 3.19. The zero-order valence-corrected chi connectivity index (χ0v) is 10.4. The molecule has 0 spiro atoms. The molecule has 0 aromatic carbocycles. The molecule has 5 heteroatoms. The van der Waals surface area contributed by atoms with Crippen LogP contribution in [0.5, 0.6) is 0 Å². The second-order valence-corrected chi connectivity index (χ2v) is 0.525. The van der Waals surface area contributed by atoms with Gasteiger partial charge in [0.05, 0.1) is 23.7 Å². The molecule has 0 N–H and O–H groups in total. The maximum atomic E-state index is 4.26. The van der Waals surface area contributed by atoms with Gasteiger partial charge in [0, 0.05) is 49.7 Å². The molecule has 0 unspecified atom stereocenters. The van der Waals surface area contributed by atoms with Crippen molar-refractivity contribution in [3.63, 3.8) is 0 Å². The summed E-state index contributed by atoms with van der Waals surface area (Å²) in [4.78, 5) is 0. The SMILES string of the molecule is ClOCl.[Nb].[Tl]. The van der Waals surface area contributed by atoms with Gasteiger partial charge in [0.15, 0.2) is 0 Å². The van der Waals surface area contributed by atoms with E-state index in [0.29, 0.717) is 0 Å². The first-order valence-corrected chi connectivity index (χ1v) is 0.926. The van der Waals surface area contributed by atoms with E-state index in [2.05, 4.69) is 27.6 Å². The Kier molecular flexibility index (Phi) is 51.4. The van der Waals surface area contributed by atoms with Gasteiger partial charge in [-0.3, -0.25) is 0 Å². The van der Waals surface area contributed by atoms with Crippen LogP contribution in [0, 0.1) is 0 Å². The summed E-state index contributed by atoms with van der Waals surface area (Å²) >= 11 is 8.53. The number of hydrogen-bond acceptors (Lipinski definition) is 1. The van der Waals surface area contributed by atoms with Gasteiger partial charge in [0.1, 0.15) is 0 Å². The first kappa shape index (κ1) is 15.7. The normalized spacial score (nSPS) is 3.60. The van der Waals surface area contributed by atoms with Crippen molar-refractivity contribution in [1.82, 2.24) is 0 Å². The average molecular weight is 384 g/mol. The third-order valence-electron chi connectivity index (χ3n) is 0. The van der Waals surface area contributed by atoms with Gasteiger partial charge in [-0.15, -0.1) is 0 Å². The fourth-order valence-corrected chi connectivity index (χ4v) is 0. The second kappa shape index (κ2) is 16.4. The Hall–Kier alpha value is 2.20. The van der Waals surface area contributed by atoms with Crippen molar-refractivity contribution >= 4 is 51.0 Å². The molecule has 0 aliphatic carbocycles. The van der Waals surface area contributed by atoms with Gasteiger partial charge in [-0.2, -0.15) is 3.84 Å². The monoisotopic (exact) mass is 384 g/mol. The van der Waals surface area contributed by atoms with Crippen LogP contribution in [-0.4, -0.2) is 27.3 Å².